The lowest BCUT2D eigenvalue weighted by molar-refractivity contribution is -0.117. The van der Waals surface area contributed by atoms with Crippen LogP contribution in [0.1, 0.15) is 19.3 Å². The molecule has 1 aliphatic heterocycles. The third-order valence-electron chi connectivity index (χ3n) is 3.71. The van der Waals surface area contributed by atoms with E-state index >= 15 is 0 Å². The van der Waals surface area contributed by atoms with E-state index in [1.807, 2.05) is 7.05 Å². The summed E-state index contributed by atoms with van der Waals surface area (Å²) in [6.07, 6.45) is 3.27. The van der Waals surface area contributed by atoms with Gasteiger partial charge in [-0.05, 0) is 51.5 Å². The summed E-state index contributed by atoms with van der Waals surface area (Å²) in [5.74, 6) is -0.572. The molecule has 0 bridgehead atoms. The summed E-state index contributed by atoms with van der Waals surface area (Å²) in [6.45, 7) is 2.33. The first-order chi connectivity index (χ1) is 9.66. The number of hydrogen-bond donors (Lipinski definition) is 2. The van der Waals surface area contributed by atoms with Crippen LogP contribution in [-0.2, 0) is 4.79 Å². The van der Waals surface area contributed by atoms with Crippen molar-refractivity contribution in [1.82, 2.24) is 10.2 Å². The molecule has 0 radical (unpaired) electrons. The van der Waals surface area contributed by atoms with Crippen molar-refractivity contribution in [3.8, 4) is 0 Å². The average molecular weight is 279 g/mol. The Morgan fingerprint density at radius 2 is 2.20 bits per heavy atom. The number of carbonyl (C=O) groups excluding carboxylic acids is 1. The second-order valence-electron chi connectivity index (χ2n) is 5.28. The van der Waals surface area contributed by atoms with E-state index in [0.717, 1.165) is 32.4 Å². The van der Waals surface area contributed by atoms with Crippen LogP contribution in [0.2, 0.25) is 0 Å². The Morgan fingerprint density at radius 1 is 1.40 bits per heavy atom. The topological polar surface area (TPSA) is 44.4 Å². The van der Waals surface area contributed by atoms with E-state index in [2.05, 4.69) is 15.5 Å². The summed E-state index contributed by atoms with van der Waals surface area (Å²) >= 11 is 0. The maximum Gasteiger partial charge on any atom is 0.238 e. The normalized spacial score (nSPS) is 19.6. The molecule has 2 rings (SSSR count). The van der Waals surface area contributed by atoms with Gasteiger partial charge in [-0.15, -0.1) is 0 Å². The van der Waals surface area contributed by atoms with Gasteiger partial charge in [0.1, 0.15) is 5.82 Å². The fourth-order valence-electron chi connectivity index (χ4n) is 2.55. The molecule has 1 atom stereocenters. The summed E-state index contributed by atoms with van der Waals surface area (Å²) < 4.78 is 13.5. The smallest absolute Gasteiger partial charge is 0.238 e. The van der Waals surface area contributed by atoms with Crippen molar-refractivity contribution in [2.45, 2.75) is 25.3 Å². The van der Waals surface area contributed by atoms with E-state index in [1.165, 1.54) is 6.07 Å². The molecular formula is C15H22FN3O. The van der Waals surface area contributed by atoms with Gasteiger partial charge in [0.25, 0.3) is 0 Å². The van der Waals surface area contributed by atoms with Gasteiger partial charge in [0.05, 0.1) is 12.2 Å². The minimum Gasteiger partial charge on any atom is -0.322 e. The average Bonchev–Trinajstić information content (AvgIpc) is 2.70. The highest BCUT2D eigenvalue weighted by atomic mass is 19.1. The molecule has 1 aromatic rings. The molecule has 0 aliphatic carbocycles. The third kappa shape index (κ3) is 4.28. The Morgan fingerprint density at radius 3 is 3.00 bits per heavy atom. The first-order valence-corrected chi connectivity index (χ1v) is 7.12. The maximum absolute atomic E-state index is 13.5. The lowest BCUT2D eigenvalue weighted by Gasteiger charge is -2.26. The van der Waals surface area contributed by atoms with E-state index in [0.29, 0.717) is 12.6 Å². The van der Waals surface area contributed by atoms with Crippen LogP contribution in [0.5, 0.6) is 0 Å². The van der Waals surface area contributed by atoms with Gasteiger partial charge in [0.15, 0.2) is 0 Å². The van der Waals surface area contributed by atoms with E-state index < -0.39 is 5.82 Å². The van der Waals surface area contributed by atoms with Crippen molar-refractivity contribution in [3.05, 3.63) is 30.1 Å². The van der Waals surface area contributed by atoms with Gasteiger partial charge in [-0.1, -0.05) is 12.1 Å². The minimum atomic E-state index is -0.401. The predicted molar refractivity (Wildman–Crippen MR) is 78.2 cm³/mol. The number of halogens is 1. The molecule has 1 fully saturated rings. The van der Waals surface area contributed by atoms with Crippen molar-refractivity contribution in [3.63, 3.8) is 0 Å². The Hall–Kier alpha value is -1.46. The molecule has 5 heteroatoms. The van der Waals surface area contributed by atoms with E-state index in [4.69, 9.17) is 0 Å². The van der Waals surface area contributed by atoms with Crippen molar-refractivity contribution in [2.75, 3.05) is 32.0 Å². The number of nitrogens with zero attached hydrogens (tertiary/aromatic N) is 1. The maximum atomic E-state index is 13.5. The highest BCUT2D eigenvalue weighted by Gasteiger charge is 2.19. The summed E-state index contributed by atoms with van der Waals surface area (Å²) in [5, 5.41) is 5.98. The number of likely N-dealkylation sites (N-methyl/N-ethyl adjacent to an activating group) is 1. The van der Waals surface area contributed by atoms with E-state index in [9.17, 15) is 9.18 Å². The van der Waals surface area contributed by atoms with Crippen LogP contribution < -0.4 is 10.6 Å². The molecule has 0 unspecified atom stereocenters. The number of benzene rings is 1. The Labute approximate surface area is 119 Å². The third-order valence-corrected chi connectivity index (χ3v) is 3.71. The molecule has 1 aliphatic rings. The fourth-order valence-corrected chi connectivity index (χ4v) is 2.55. The summed E-state index contributed by atoms with van der Waals surface area (Å²) in [4.78, 5) is 14.0. The van der Waals surface area contributed by atoms with Crippen molar-refractivity contribution in [2.24, 2.45) is 0 Å². The van der Waals surface area contributed by atoms with Crippen molar-refractivity contribution >= 4 is 11.6 Å². The Kier molecular flexibility index (Phi) is 5.49. The fraction of sp³-hybridized carbons (Fsp3) is 0.533. The molecule has 110 valence electrons. The van der Waals surface area contributed by atoms with Gasteiger partial charge in [-0.3, -0.25) is 9.69 Å². The van der Waals surface area contributed by atoms with Crippen LogP contribution in [0, 0.1) is 5.82 Å². The molecule has 1 aromatic carbocycles. The summed E-state index contributed by atoms with van der Waals surface area (Å²) in [5.41, 5.74) is 0.244. The lowest BCUT2D eigenvalue weighted by atomic mass is 10.1. The quantitative estimate of drug-likeness (QED) is 0.884. The number of hydrogen-bond acceptors (Lipinski definition) is 3. The second kappa shape index (κ2) is 7.36. The molecule has 4 nitrogen and oxygen atoms in total. The molecule has 1 amide bonds. The van der Waals surface area contributed by atoms with Crippen LogP contribution in [0.3, 0.4) is 0 Å². The van der Waals surface area contributed by atoms with Gasteiger partial charge < -0.3 is 10.6 Å². The number of nitrogens with one attached hydrogen (secondary N) is 2. The summed E-state index contributed by atoms with van der Waals surface area (Å²) in [6, 6.07) is 6.64. The van der Waals surface area contributed by atoms with Crippen molar-refractivity contribution < 1.29 is 9.18 Å². The zero-order chi connectivity index (χ0) is 14.4. The highest BCUT2D eigenvalue weighted by molar-refractivity contribution is 5.92. The molecule has 0 aromatic heterocycles. The summed E-state index contributed by atoms with van der Waals surface area (Å²) in [7, 11) is 1.96. The number of para-hydroxylation sites is 1. The number of amides is 1. The lowest BCUT2D eigenvalue weighted by Crippen LogP contribution is -2.38. The Balaban J connectivity index is 1.85. The molecular weight excluding hydrogens is 257 g/mol. The molecule has 2 N–H and O–H groups in total. The molecule has 0 spiro atoms. The SMILES string of the molecule is CN(CC(=O)Nc1ccccc1F)[C@H]1CCCNCC1. The van der Waals surface area contributed by atoms with Crippen LogP contribution in [0.15, 0.2) is 24.3 Å². The number of carbonyl (C=O) groups is 1. The van der Waals surface area contributed by atoms with Gasteiger partial charge in [-0.25, -0.2) is 4.39 Å². The Bertz CT molecular complexity index is 444. The van der Waals surface area contributed by atoms with Crippen LogP contribution in [0.25, 0.3) is 0 Å². The number of rotatable bonds is 4. The largest absolute Gasteiger partial charge is 0.322 e. The predicted octanol–water partition coefficient (Wildman–Crippen LogP) is 1.84. The van der Waals surface area contributed by atoms with Crippen molar-refractivity contribution in [1.29, 1.82) is 0 Å². The number of anilines is 1. The van der Waals surface area contributed by atoms with Gasteiger partial charge >= 0.3 is 0 Å². The van der Waals surface area contributed by atoms with E-state index in [1.54, 1.807) is 18.2 Å². The standard InChI is InChI=1S/C15H22FN3O/c1-19(12-5-4-9-17-10-8-12)11-15(20)18-14-7-3-2-6-13(14)16/h2-3,6-7,12,17H,4-5,8-11H2,1H3,(H,18,20)/t12-/m0/s1. The molecule has 0 saturated carbocycles. The van der Waals surface area contributed by atoms with Gasteiger partial charge in [-0.2, -0.15) is 0 Å². The van der Waals surface area contributed by atoms with Gasteiger partial charge in [0.2, 0.25) is 5.91 Å². The monoisotopic (exact) mass is 279 g/mol. The zero-order valence-electron chi connectivity index (χ0n) is 11.9. The van der Waals surface area contributed by atoms with Crippen LogP contribution in [0.4, 0.5) is 10.1 Å². The first kappa shape index (κ1) is 14.9. The van der Waals surface area contributed by atoms with E-state index in [-0.39, 0.29) is 11.6 Å². The first-order valence-electron chi connectivity index (χ1n) is 7.12. The molecule has 1 saturated heterocycles. The molecule has 1 heterocycles. The van der Waals surface area contributed by atoms with Crippen LogP contribution >= 0.6 is 0 Å². The van der Waals surface area contributed by atoms with Gasteiger partial charge in [0, 0.05) is 6.04 Å². The second-order valence-corrected chi connectivity index (χ2v) is 5.28. The highest BCUT2D eigenvalue weighted by Crippen LogP contribution is 2.14. The van der Waals surface area contributed by atoms with Crippen LogP contribution in [-0.4, -0.2) is 43.5 Å². The zero-order valence-corrected chi connectivity index (χ0v) is 11.9. The minimum absolute atomic E-state index is 0.171. The molecule has 20 heavy (non-hydrogen) atoms.